The van der Waals surface area contributed by atoms with Crippen molar-refractivity contribution in [1.29, 1.82) is 0 Å². The van der Waals surface area contributed by atoms with Crippen molar-refractivity contribution in [2.45, 2.75) is 32.4 Å². The molecule has 0 aliphatic carbocycles. The average molecular weight is 309 g/mol. The summed E-state index contributed by atoms with van der Waals surface area (Å²) in [6.07, 6.45) is 0.798. The number of hydrogen-bond acceptors (Lipinski definition) is 2. The second-order valence-electron chi connectivity index (χ2n) is 6.71. The van der Waals surface area contributed by atoms with Gasteiger partial charge in [-0.1, -0.05) is 79.7 Å². The Bertz CT molecular complexity index is 652. The molecular formula is C20H25N2O+. The van der Waals surface area contributed by atoms with Crippen LogP contribution in [0.2, 0.25) is 0 Å². The van der Waals surface area contributed by atoms with E-state index < -0.39 is 0 Å². The van der Waals surface area contributed by atoms with E-state index in [9.17, 15) is 5.21 Å². The third-order valence-corrected chi connectivity index (χ3v) is 4.90. The molecule has 3 heteroatoms. The van der Waals surface area contributed by atoms with Gasteiger partial charge in [0.2, 0.25) is 0 Å². The Balaban J connectivity index is 1.98. The summed E-state index contributed by atoms with van der Waals surface area (Å²) in [6, 6.07) is 21.7. The van der Waals surface area contributed by atoms with Crippen molar-refractivity contribution in [3.05, 3.63) is 71.8 Å². The Morgan fingerprint density at radius 1 is 0.957 bits per heavy atom. The van der Waals surface area contributed by atoms with Crippen LogP contribution in [0.1, 0.15) is 43.5 Å². The van der Waals surface area contributed by atoms with Gasteiger partial charge in [0.1, 0.15) is 12.1 Å². The summed E-state index contributed by atoms with van der Waals surface area (Å²) in [4.78, 5) is 0. The summed E-state index contributed by atoms with van der Waals surface area (Å²) >= 11 is 0. The highest BCUT2D eigenvalue weighted by molar-refractivity contribution is 5.88. The van der Waals surface area contributed by atoms with E-state index in [1.807, 2.05) is 12.1 Å². The summed E-state index contributed by atoms with van der Waals surface area (Å²) < 4.78 is 0. The Labute approximate surface area is 138 Å². The van der Waals surface area contributed by atoms with E-state index in [0.717, 1.165) is 12.1 Å². The minimum absolute atomic E-state index is 0.252. The molecule has 0 saturated carbocycles. The molecule has 120 valence electrons. The van der Waals surface area contributed by atoms with Crippen LogP contribution >= 0.6 is 0 Å². The van der Waals surface area contributed by atoms with Crippen LogP contribution < -0.4 is 5.32 Å². The molecular weight excluding hydrogens is 284 g/mol. The van der Waals surface area contributed by atoms with Gasteiger partial charge in [-0.2, -0.15) is 0 Å². The topological polar surface area (TPSA) is 49.2 Å². The van der Waals surface area contributed by atoms with Crippen LogP contribution in [0.25, 0.3) is 0 Å². The predicted molar refractivity (Wildman–Crippen MR) is 92.5 cm³/mol. The molecule has 0 unspecified atom stereocenters. The molecule has 2 aromatic rings. The average Bonchev–Trinajstić information content (AvgIpc) is 2.62. The van der Waals surface area contributed by atoms with E-state index in [0.29, 0.717) is 12.0 Å². The summed E-state index contributed by atoms with van der Waals surface area (Å²) in [7, 11) is 0. The molecule has 3 nitrogen and oxygen atoms in total. The second-order valence-corrected chi connectivity index (χ2v) is 6.71. The highest BCUT2D eigenvalue weighted by atomic mass is 16.4. The largest absolute Gasteiger partial charge is 0.411 e. The zero-order valence-corrected chi connectivity index (χ0v) is 13.8. The smallest absolute Gasteiger partial charge is 0.121 e. The SMILES string of the molecule is CC(C)[C@@H]1C(=NO)C[C@@H](c2ccccc2)[NH2+][C@@H]1c1ccccc1. The van der Waals surface area contributed by atoms with Crippen LogP contribution in [-0.4, -0.2) is 10.9 Å². The zero-order valence-electron chi connectivity index (χ0n) is 13.8. The first-order chi connectivity index (χ1) is 11.2. The maximum atomic E-state index is 9.61. The third kappa shape index (κ3) is 3.30. The fourth-order valence-corrected chi connectivity index (χ4v) is 3.84. The Morgan fingerprint density at radius 2 is 1.52 bits per heavy atom. The summed E-state index contributed by atoms with van der Waals surface area (Å²) in [5.41, 5.74) is 3.51. The molecule has 1 aliphatic heterocycles. The number of nitrogens with zero attached hydrogens (tertiary/aromatic N) is 1. The molecule has 0 spiro atoms. The lowest BCUT2D eigenvalue weighted by molar-refractivity contribution is -0.743. The first kappa shape index (κ1) is 15.8. The van der Waals surface area contributed by atoms with Gasteiger partial charge >= 0.3 is 0 Å². The molecule has 3 atom stereocenters. The van der Waals surface area contributed by atoms with E-state index in [1.54, 1.807) is 0 Å². The normalized spacial score (nSPS) is 26.6. The van der Waals surface area contributed by atoms with E-state index in [2.05, 4.69) is 72.9 Å². The van der Waals surface area contributed by atoms with Crippen molar-refractivity contribution in [1.82, 2.24) is 0 Å². The van der Waals surface area contributed by atoms with Crippen molar-refractivity contribution < 1.29 is 10.5 Å². The van der Waals surface area contributed by atoms with Gasteiger partial charge in [-0.3, -0.25) is 0 Å². The summed E-state index contributed by atoms with van der Waals surface area (Å²) in [6.45, 7) is 4.42. The lowest BCUT2D eigenvalue weighted by Gasteiger charge is -2.37. The number of quaternary nitrogens is 1. The van der Waals surface area contributed by atoms with Crippen LogP contribution in [0.15, 0.2) is 65.8 Å². The lowest BCUT2D eigenvalue weighted by atomic mass is 9.75. The Hall–Kier alpha value is -2.13. The van der Waals surface area contributed by atoms with E-state index in [1.165, 1.54) is 11.1 Å². The predicted octanol–water partition coefficient (Wildman–Crippen LogP) is 3.54. The molecule has 1 aliphatic rings. The Morgan fingerprint density at radius 3 is 2.04 bits per heavy atom. The minimum Gasteiger partial charge on any atom is -0.411 e. The number of oxime groups is 1. The molecule has 2 aromatic carbocycles. The minimum atomic E-state index is 0.252. The molecule has 0 amide bonds. The quantitative estimate of drug-likeness (QED) is 0.661. The van der Waals surface area contributed by atoms with Gasteiger partial charge in [0.25, 0.3) is 0 Å². The van der Waals surface area contributed by atoms with Gasteiger partial charge in [-0.25, -0.2) is 0 Å². The molecule has 0 aromatic heterocycles. The molecule has 0 radical (unpaired) electrons. The summed E-state index contributed by atoms with van der Waals surface area (Å²) in [5, 5.41) is 15.8. The van der Waals surface area contributed by atoms with Crippen LogP contribution in [0.4, 0.5) is 0 Å². The van der Waals surface area contributed by atoms with Crippen LogP contribution in [-0.2, 0) is 0 Å². The number of hydrogen-bond donors (Lipinski definition) is 2. The molecule has 3 N–H and O–H groups in total. The fourth-order valence-electron chi connectivity index (χ4n) is 3.84. The number of rotatable bonds is 3. The van der Waals surface area contributed by atoms with Crippen molar-refractivity contribution in [3.63, 3.8) is 0 Å². The maximum absolute atomic E-state index is 9.61. The standard InChI is InChI=1S/C20H24N2O/c1-14(2)19-18(22-23)13-17(15-9-5-3-6-10-15)21-20(19)16-11-7-4-8-12-16/h3-12,14,17,19-21,23H,13H2,1-2H3/p+1/t17-,19+,20+/m0/s1. The molecule has 1 fully saturated rings. The van der Waals surface area contributed by atoms with Gasteiger partial charge in [0, 0.05) is 17.5 Å². The van der Waals surface area contributed by atoms with Gasteiger partial charge in [-0.05, 0) is 5.92 Å². The van der Waals surface area contributed by atoms with Gasteiger partial charge in [0.05, 0.1) is 11.6 Å². The maximum Gasteiger partial charge on any atom is 0.121 e. The van der Waals surface area contributed by atoms with E-state index >= 15 is 0 Å². The number of piperidine rings is 1. The van der Waals surface area contributed by atoms with Gasteiger partial charge < -0.3 is 10.5 Å². The van der Waals surface area contributed by atoms with Crippen LogP contribution in [0.5, 0.6) is 0 Å². The lowest BCUT2D eigenvalue weighted by Crippen LogP contribution is -2.90. The first-order valence-electron chi connectivity index (χ1n) is 8.36. The Kier molecular flexibility index (Phi) is 4.77. The van der Waals surface area contributed by atoms with E-state index in [-0.39, 0.29) is 12.0 Å². The van der Waals surface area contributed by atoms with Crippen molar-refractivity contribution in [2.24, 2.45) is 17.0 Å². The molecule has 3 rings (SSSR count). The van der Waals surface area contributed by atoms with Gasteiger partial charge in [0.15, 0.2) is 0 Å². The number of nitrogens with two attached hydrogens (primary N) is 1. The number of benzene rings is 2. The highest BCUT2D eigenvalue weighted by Crippen LogP contribution is 2.34. The molecule has 0 bridgehead atoms. The molecule has 1 heterocycles. The first-order valence-corrected chi connectivity index (χ1v) is 8.36. The highest BCUT2D eigenvalue weighted by Gasteiger charge is 2.41. The van der Waals surface area contributed by atoms with Crippen LogP contribution in [0, 0.1) is 11.8 Å². The van der Waals surface area contributed by atoms with Crippen molar-refractivity contribution in [3.8, 4) is 0 Å². The van der Waals surface area contributed by atoms with Crippen LogP contribution in [0.3, 0.4) is 0 Å². The van der Waals surface area contributed by atoms with Crippen molar-refractivity contribution in [2.75, 3.05) is 0 Å². The molecule has 23 heavy (non-hydrogen) atoms. The molecule has 1 saturated heterocycles. The van der Waals surface area contributed by atoms with Crippen molar-refractivity contribution >= 4 is 5.71 Å². The second kappa shape index (κ2) is 6.97. The monoisotopic (exact) mass is 309 g/mol. The third-order valence-electron chi connectivity index (χ3n) is 4.90. The fraction of sp³-hybridized carbons (Fsp3) is 0.350. The van der Waals surface area contributed by atoms with Gasteiger partial charge in [-0.15, -0.1) is 0 Å². The summed E-state index contributed by atoms with van der Waals surface area (Å²) in [5.74, 6) is 0.682. The van der Waals surface area contributed by atoms with E-state index in [4.69, 9.17) is 0 Å². The zero-order chi connectivity index (χ0) is 16.2.